The van der Waals surface area contributed by atoms with E-state index in [1.54, 1.807) is 0 Å². The molecular weight excluding hydrogens is 228 g/mol. The highest BCUT2D eigenvalue weighted by Gasteiger charge is 2.40. The third-order valence-electron chi connectivity index (χ3n) is 4.64. The molecule has 0 amide bonds. The summed E-state index contributed by atoms with van der Waals surface area (Å²) in [6.45, 7) is 4.73. The van der Waals surface area contributed by atoms with Gasteiger partial charge in [0.15, 0.2) is 0 Å². The van der Waals surface area contributed by atoms with Gasteiger partial charge in [0.1, 0.15) is 0 Å². The summed E-state index contributed by atoms with van der Waals surface area (Å²) < 4.78 is 0. The third-order valence-corrected chi connectivity index (χ3v) is 4.64. The summed E-state index contributed by atoms with van der Waals surface area (Å²) in [6.07, 6.45) is 15.4. The van der Waals surface area contributed by atoms with Crippen LogP contribution in [0, 0.1) is 5.41 Å². The summed E-state index contributed by atoms with van der Waals surface area (Å²) >= 11 is 0. The van der Waals surface area contributed by atoms with Gasteiger partial charge in [-0.1, -0.05) is 74.6 Å². The van der Waals surface area contributed by atoms with Gasteiger partial charge in [0.2, 0.25) is 0 Å². The average molecular weight is 250 g/mol. The van der Waals surface area contributed by atoms with Gasteiger partial charge in [-0.25, -0.2) is 0 Å². The summed E-state index contributed by atoms with van der Waals surface area (Å²) in [5.41, 5.74) is 3.29. The van der Waals surface area contributed by atoms with Crippen molar-refractivity contribution in [2.75, 3.05) is 0 Å². The Labute approximate surface area is 116 Å². The molecule has 0 aliphatic heterocycles. The van der Waals surface area contributed by atoms with Crippen LogP contribution in [0.1, 0.15) is 38.7 Å². The minimum absolute atomic E-state index is 0.169. The minimum atomic E-state index is 0.169. The molecule has 0 spiro atoms. The normalized spacial score (nSPS) is 33.5. The molecule has 0 bridgehead atoms. The number of allylic oxidation sites excluding steroid dienone is 6. The Morgan fingerprint density at radius 3 is 2.32 bits per heavy atom. The van der Waals surface area contributed by atoms with Crippen LogP contribution in [-0.2, 0) is 5.41 Å². The van der Waals surface area contributed by atoms with E-state index < -0.39 is 0 Å². The van der Waals surface area contributed by atoms with Crippen LogP contribution >= 0.6 is 0 Å². The molecule has 0 heterocycles. The van der Waals surface area contributed by atoms with Crippen molar-refractivity contribution in [3.8, 4) is 0 Å². The second-order valence-electron chi connectivity index (χ2n) is 6.35. The average Bonchev–Trinajstić information content (AvgIpc) is 2.80. The van der Waals surface area contributed by atoms with Crippen LogP contribution in [0.3, 0.4) is 0 Å². The van der Waals surface area contributed by atoms with Gasteiger partial charge in [0, 0.05) is 10.8 Å². The summed E-state index contributed by atoms with van der Waals surface area (Å²) in [6, 6.07) is 10.9. The van der Waals surface area contributed by atoms with Gasteiger partial charge in [-0.15, -0.1) is 0 Å². The lowest BCUT2D eigenvalue weighted by Gasteiger charge is -2.32. The Morgan fingerprint density at radius 2 is 1.63 bits per heavy atom. The summed E-state index contributed by atoms with van der Waals surface area (Å²) in [5, 5.41) is 0. The molecule has 0 nitrogen and oxygen atoms in total. The zero-order chi connectivity index (χ0) is 13.3. The number of benzene rings is 1. The first-order chi connectivity index (χ1) is 9.12. The lowest BCUT2D eigenvalue weighted by molar-refractivity contribution is 0.412. The van der Waals surface area contributed by atoms with Crippen LogP contribution in [0.5, 0.6) is 0 Å². The maximum atomic E-state index is 2.42. The molecule has 0 N–H and O–H groups in total. The highest BCUT2D eigenvalue weighted by molar-refractivity contribution is 5.42. The van der Waals surface area contributed by atoms with E-state index in [9.17, 15) is 0 Å². The van der Waals surface area contributed by atoms with E-state index in [4.69, 9.17) is 0 Å². The van der Waals surface area contributed by atoms with Gasteiger partial charge in [0.05, 0.1) is 0 Å². The number of hydrogen-bond donors (Lipinski definition) is 0. The van der Waals surface area contributed by atoms with Crippen LogP contribution in [0.2, 0.25) is 0 Å². The van der Waals surface area contributed by atoms with Crippen LogP contribution in [-0.4, -0.2) is 0 Å². The van der Waals surface area contributed by atoms with Crippen molar-refractivity contribution >= 4 is 0 Å². The van der Waals surface area contributed by atoms with Gasteiger partial charge >= 0.3 is 0 Å². The van der Waals surface area contributed by atoms with E-state index in [0.29, 0.717) is 0 Å². The van der Waals surface area contributed by atoms with Crippen molar-refractivity contribution in [1.82, 2.24) is 0 Å². The van der Waals surface area contributed by atoms with Crippen LogP contribution in [0.4, 0.5) is 0 Å². The summed E-state index contributed by atoms with van der Waals surface area (Å²) in [5.74, 6) is 0. The molecule has 2 aliphatic carbocycles. The van der Waals surface area contributed by atoms with Crippen molar-refractivity contribution < 1.29 is 0 Å². The first-order valence-corrected chi connectivity index (χ1v) is 7.26. The molecule has 3 rings (SSSR count). The minimum Gasteiger partial charge on any atom is -0.0839 e. The van der Waals surface area contributed by atoms with E-state index in [1.165, 1.54) is 30.4 Å². The molecule has 0 saturated heterocycles. The lowest BCUT2D eigenvalue weighted by Crippen LogP contribution is -2.23. The molecule has 0 heteroatoms. The van der Waals surface area contributed by atoms with Crippen molar-refractivity contribution in [3.05, 3.63) is 71.8 Å². The highest BCUT2D eigenvalue weighted by Crippen LogP contribution is 2.49. The molecule has 0 aromatic heterocycles. The zero-order valence-electron chi connectivity index (χ0n) is 11.9. The van der Waals surface area contributed by atoms with Gasteiger partial charge in [0.25, 0.3) is 0 Å². The monoisotopic (exact) mass is 250 g/mol. The van der Waals surface area contributed by atoms with Crippen LogP contribution < -0.4 is 0 Å². The predicted octanol–water partition coefficient (Wildman–Crippen LogP) is 5.19. The van der Waals surface area contributed by atoms with Crippen molar-refractivity contribution in [3.63, 3.8) is 0 Å². The van der Waals surface area contributed by atoms with Crippen molar-refractivity contribution in [2.45, 2.75) is 38.5 Å². The maximum absolute atomic E-state index is 2.42. The van der Waals surface area contributed by atoms with Gasteiger partial charge in [-0.05, 0) is 30.4 Å². The van der Waals surface area contributed by atoms with Crippen molar-refractivity contribution in [2.24, 2.45) is 5.41 Å². The Hall–Kier alpha value is -1.56. The Balaban J connectivity index is 1.90. The second kappa shape index (κ2) is 4.52. The van der Waals surface area contributed by atoms with Gasteiger partial charge < -0.3 is 0 Å². The number of rotatable bonds is 2. The predicted molar refractivity (Wildman–Crippen MR) is 82.1 cm³/mol. The first kappa shape index (κ1) is 12.5. The number of hydrogen-bond acceptors (Lipinski definition) is 0. The van der Waals surface area contributed by atoms with Crippen LogP contribution in [0.15, 0.2) is 66.3 Å². The smallest absolute Gasteiger partial charge is 0.0115 e. The summed E-state index contributed by atoms with van der Waals surface area (Å²) in [4.78, 5) is 0. The molecule has 0 fully saturated rings. The standard InChI is InChI=1S/C19H22/c1-18(16-9-5-3-6-10-16)13-14-19(2,15-18)17-11-7-4-8-12-17/h3,5-7,9-14H,4,8,15H2,1-2H3. The Bertz CT molecular complexity index is 547. The molecule has 1 aromatic carbocycles. The van der Waals surface area contributed by atoms with Crippen molar-refractivity contribution in [1.29, 1.82) is 0 Å². The molecule has 2 aliphatic rings. The van der Waals surface area contributed by atoms with E-state index in [-0.39, 0.29) is 10.8 Å². The van der Waals surface area contributed by atoms with Gasteiger partial charge in [-0.2, -0.15) is 0 Å². The zero-order valence-corrected chi connectivity index (χ0v) is 11.9. The van der Waals surface area contributed by atoms with E-state index in [0.717, 1.165) is 0 Å². The fourth-order valence-corrected chi connectivity index (χ4v) is 3.50. The molecular formula is C19H22. The largest absolute Gasteiger partial charge is 0.0839 e. The molecule has 2 unspecified atom stereocenters. The summed E-state index contributed by atoms with van der Waals surface area (Å²) in [7, 11) is 0. The van der Waals surface area contributed by atoms with E-state index in [1.807, 2.05) is 0 Å². The van der Waals surface area contributed by atoms with Crippen LogP contribution in [0.25, 0.3) is 0 Å². The Morgan fingerprint density at radius 1 is 0.895 bits per heavy atom. The maximum Gasteiger partial charge on any atom is 0.0115 e. The molecule has 0 saturated carbocycles. The topological polar surface area (TPSA) is 0 Å². The van der Waals surface area contributed by atoms with E-state index >= 15 is 0 Å². The quantitative estimate of drug-likeness (QED) is 0.634. The third kappa shape index (κ3) is 2.20. The molecule has 1 aromatic rings. The van der Waals surface area contributed by atoms with Gasteiger partial charge in [-0.3, -0.25) is 0 Å². The highest BCUT2D eigenvalue weighted by atomic mass is 14.4. The fraction of sp³-hybridized carbons (Fsp3) is 0.368. The lowest BCUT2D eigenvalue weighted by atomic mass is 9.72. The first-order valence-electron chi connectivity index (χ1n) is 7.26. The molecule has 19 heavy (non-hydrogen) atoms. The molecule has 2 atom stereocenters. The SMILES string of the molecule is CC1(C2=CCCC=C2)C=CC(C)(c2ccccc2)C1. The molecule has 0 radical (unpaired) electrons. The fourth-order valence-electron chi connectivity index (χ4n) is 3.50. The van der Waals surface area contributed by atoms with E-state index in [2.05, 4.69) is 74.6 Å². The Kier molecular flexibility index (Phi) is 2.97. The second-order valence-corrected chi connectivity index (χ2v) is 6.35. The molecule has 98 valence electrons.